The molecule has 7 heteroatoms. The zero-order valence-electron chi connectivity index (χ0n) is 18.9. The molecule has 1 aliphatic heterocycles. The van der Waals surface area contributed by atoms with Crippen LogP contribution in [-0.2, 0) is 22.4 Å². The molecule has 33 heavy (non-hydrogen) atoms. The fraction of sp³-hybridized carbons (Fsp3) is 0.385. The molecule has 1 saturated heterocycles. The summed E-state index contributed by atoms with van der Waals surface area (Å²) in [5.74, 6) is -0.224. The van der Waals surface area contributed by atoms with E-state index in [0.717, 1.165) is 24.1 Å². The third-order valence-electron chi connectivity index (χ3n) is 6.13. The summed E-state index contributed by atoms with van der Waals surface area (Å²) in [6, 6.07) is 15.8. The second-order valence-electron chi connectivity index (χ2n) is 8.45. The van der Waals surface area contributed by atoms with Gasteiger partial charge in [-0.3, -0.25) is 9.80 Å². The molecule has 4 rings (SSSR count). The normalized spacial score (nSPS) is 15.7. The molecule has 0 radical (unpaired) electrons. The Morgan fingerprint density at radius 1 is 1.12 bits per heavy atom. The van der Waals surface area contributed by atoms with Gasteiger partial charge in [-0.15, -0.1) is 11.3 Å². The Labute approximate surface area is 198 Å². The van der Waals surface area contributed by atoms with Crippen molar-refractivity contribution in [3.8, 4) is 0 Å². The molecule has 1 amide bonds. The Morgan fingerprint density at radius 3 is 2.70 bits per heavy atom. The van der Waals surface area contributed by atoms with Crippen molar-refractivity contribution in [2.45, 2.75) is 38.2 Å². The Balaban J connectivity index is 1.30. The van der Waals surface area contributed by atoms with Gasteiger partial charge in [-0.05, 0) is 71.8 Å². The number of ether oxygens (including phenoxy) is 1. The van der Waals surface area contributed by atoms with Gasteiger partial charge in [0.05, 0.1) is 18.8 Å². The van der Waals surface area contributed by atoms with Crippen LogP contribution < -0.4 is 0 Å². The van der Waals surface area contributed by atoms with Crippen molar-refractivity contribution in [3.05, 3.63) is 70.6 Å². The number of benzene rings is 2. The number of rotatable bonds is 9. The minimum absolute atomic E-state index is 0.129. The van der Waals surface area contributed by atoms with Gasteiger partial charge in [0.1, 0.15) is 0 Å². The molecule has 1 N–H and O–H groups in total. The fourth-order valence-electron chi connectivity index (χ4n) is 4.29. The van der Waals surface area contributed by atoms with Crippen molar-refractivity contribution in [3.63, 3.8) is 0 Å². The molecular weight excluding hydrogens is 436 g/mol. The lowest BCUT2D eigenvalue weighted by Crippen LogP contribution is -2.52. The second kappa shape index (κ2) is 10.9. The van der Waals surface area contributed by atoms with Crippen LogP contribution in [0, 0.1) is 0 Å². The lowest BCUT2D eigenvalue weighted by Gasteiger charge is -2.39. The van der Waals surface area contributed by atoms with Crippen LogP contribution in [-0.4, -0.2) is 59.8 Å². The maximum Gasteiger partial charge on any atom is 0.337 e. The van der Waals surface area contributed by atoms with E-state index in [9.17, 15) is 14.7 Å². The number of aliphatic hydroxyl groups is 1. The number of aliphatic hydroxyl groups excluding tert-OH is 1. The van der Waals surface area contributed by atoms with Crippen LogP contribution in [0.3, 0.4) is 0 Å². The van der Waals surface area contributed by atoms with Crippen LogP contribution >= 0.6 is 11.3 Å². The van der Waals surface area contributed by atoms with Gasteiger partial charge >= 0.3 is 5.97 Å². The summed E-state index contributed by atoms with van der Waals surface area (Å²) in [4.78, 5) is 24.2. The molecule has 174 valence electrons. The molecule has 1 aliphatic rings. The van der Waals surface area contributed by atoms with Gasteiger partial charge in [0, 0.05) is 30.8 Å². The standard InChI is InChI=1S/C26H30N2O4S/c1-32-26(31)21-7-4-19(5-8-21)10-15-28-25(30)3-2-13-27(28)14-11-23(29)18-20-6-9-24-22(17-20)12-16-33-24/h4-9,12,16-17,23,29H,2-3,10-11,13-15,18H2,1H3. The smallest absolute Gasteiger partial charge is 0.337 e. The molecule has 3 aromatic rings. The van der Waals surface area contributed by atoms with E-state index < -0.39 is 6.10 Å². The molecule has 0 saturated carbocycles. The number of thiophene rings is 1. The molecule has 6 nitrogen and oxygen atoms in total. The van der Waals surface area contributed by atoms with E-state index in [4.69, 9.17) is 4.74 Å². The summed E-state index contributed by atoms with van der Waals surface area (Å²) in [5, 5.41) is 17.9. The van der Waals surface area contributed by atoms with Gasteiger partial charge < -0.3 is 9.84 Å². The highest BCUT2D eigenvalue weighted by atomic mass is 32.1. The van der Waals surface area contributed by atoms with Crippen molar-refractivity contribution in [1.82, 2.24) is 10.0 Å². The summed E-state index contributed by atoms with van der Waals surface area (Å²) >= 11 is 1.72. The van der Waals surface area contributed by atoms with Crippen molar-refractivity contribution >= 4 is 33.3 Å². The summed E-state index contributed by atoms with van der Waals surface area (Å²) in [5.41, 5.74) is 2.71. The monoisotopic (exact) mass is 466 g/mol. The van der Waals surface area contributed by atoms with Crippen LogP contribution in [0.25, 0.3) is 10.1 Å². The van der Waals surface area contributed by atoms with Crippen molar-refractivity contribution in [2.75, 3.05) is 26.7 Å². The van der Waals surface area contributed by atoms with Gasteiger partial charge in [0.15, 0.2) is 0 Å². The first-order chi connectivity index (χ1) is 16.0. The second-order valence-corrected chi connectivity index (χ2v) is 9.40. The molecule has 0 spiro atoms. The highest BCUT2D eigenvalue weighted by molar-refractivity contribution is 7.17. The molecule has 1 aromatic heterocycles. The lowest BCUT2D eigenvalue weighted by molar-refractivity contribution is -0.156. The van der Waals surface area contributed by atoms with Crippen LogP contribution in [0.2, 0.25) is 0 Å². The highest BCUT2D eigenvalue weighted by Gasteiger charge is 2.26. The van der Waals surface area contributed by atoms with Gasteiger partial charge in [-0.1, -0.05) is 24.3 Å². The van der Waals surface area contributed by atoms with E-state index in [2.05, 4.69) is 34.7 Å². The van der Waals surface area contributed by atoms with Crippen LogP contribution in [0.4, 0.5) is 0 Å². The minimum atomic E-state index is -0.453. The molecular formula is C26H30N2O4S. The highest BCUT2D eigenvalue weighted by Crippen LogP contribution is 2.23. The maximum absolute atomic E-state index is 12.6. The van der Waals surface area contributed by atoms with Gasteiger partial charge in [-0.25, -0.2) is 9.80 Å². The topological polar surface area (TPSA) is 70.1 Å². The largest absolute Gasteiger partial charge is 0.465 e. The maximum atomic E-state index is 12.6. The fourth-order valence-corrected chi connectivity index (χ4v) is 5.07. The first-order valence-corrected chi connectivity index (χ1v) is 12.3. The number of methoxy groups -OCH3 is 1. The van der Waals surface area contributed by atoms with Crippen LogP contribution in [0.1, 0.15) is 40.7 Å². The van der Waals surface area contributed by atoms with E-state index >= 15 is 0 Å². The van der Waals surface area contributed by atoms with Gasteiger partial charge in [-0.2, -0.15) is 0 Å². The molecule has 0 aliphatic carbocycles. The molecule has 0 bridgehead atoms. The number of amides is 1. The number of hydrogen-bond acceptors (Lipinski definition) is 6. The quantitative estimate of drug-likeness (QED) is 0.482. The van der Waals surface area contributed by atoms with Gasteiger partial charge in [0.25, 0.3) is 0 Å². The molecule has 2 aromatic carbocycles. The predicted molar refractivity (Wildman–Crippen MR) is 130 cm³/mol. The average Bonchev–Trinajstić information content (AvgIpc) is 3.30. The summed E-state index contributed by atoms with van der Waals surface area (Å²) in [6.45, 7) is 2.05. The minimum Gasteiger partial charge on any atom is -0.465 e. The van der Waals surface area contributed by atoms with E-state index in [-0.39, 0.29) is 11.9 Å². The van der Waals surface area contributed by atoms with Crippen molar-refractivity contribution < 1.29 is 19.4 Å². The number of carbonyl (C=O) groups excluding carboxylic acids is 2. The van der Waals surface area contributed by atoms with E-state index in [1.54, 1.807) is 23.5 Å². The molecule has 1 atom stereocenters. The third-order valence-corrected chi connectivity index (χ3v) is 7.03. The Hall–Kier alpha value is -2.74. The average molecular weight is 467 g/mol. The van der Waals surface area contributed by atoms with Crippen LogP contribution in [0.5, 0.6) is 0 Å². The van der Waals surface area contributed by atoms with E-state index in [0.29, 0.717) is 44.3 Å². The number of carbonyl (C=O) groups is 2. The van der Waals surface area contributed by atoms with E-state index in [1.165, 1.54) is 17.2 Å². The van der Waals surface area contributed by atoms with E-state index in [1.807, 2.05) is 17.1 Å². The number of hydrogen-bond donors (Lipinski definition) is 1. The third kappa shape index (κ3) is 5.99. The molecule has 2 heterocycles. The first-order valence-electron chi connectivity index (χ1n) is 11.4. The van der Waals surface area contributed by atoms with Crippen LogP contribution in [0.15, 0.2) is 53.9 Å². The predicted octanol–water partition coefficient (Wildman–Crippen LogP) is 4.06. The number of esters is 1. The first kappa shape index (κ1) is 23.4. The summed E-state index contributed by atoms with van der Waals surface area (Å²) in [7, 11) is 1.37. The molecule has 1 unspecified atom stereocenters. The van der Waals surface area contributed by atoms with Crippen molar-refractivity contribution in [1.29, 1.82) is 0 Å². The Bertz CT molecular complexity index is 1100. The zero-order valence-corrected chi connectivity index (χ0v) is 19.7. The number of hydrazine groups is 1. The number of fused-ring (bicyclic) bond motifs is 1. The lowest BCUT2D eigenvalue weighted by atomic mass is 10.0. The van der Waals surface area contributed by atoms with Crippen molar-refractivity contribution in [2.24, 2.45) is 0 Å². The summed E-state index contributed by atoms with van der Waals surface area (Å²) < 4.78 is 6.00. The SMILES string of the molecule is COC(=O)c1ccc(CCN2C(=O)CCCN2CCC(O)Cc2ccc3sccc3c2)cc1. The Morgan fingerprint density at radius 2 is 1.91 bits per heavy atom. The Kier molecular flexibility index (Phi) is 7.75. The molecule has 1 fully saturated rings. The number of nitrogens with zero attached hydrogens (tertiary/aromatic N) is 2. The zero-order chi connectivity index (χ0) is 23.2. The van der Waals surface area contributed by atoms with Gasteiger partial charge in [0.2, 0.25) is 5.91 Å². The summed E-state index contributed by atoms with van der Waals surface area (Å²) in [6.07, 6.45) is 2.87.